The summed E-state index contributed by atoms with van der Waals surface area (Å²) in [6.07, 6.45) is 0.596. The second-order valence-electron chi connectivity index (χ2n) is 6.40. The smallest absolute Gasteiger partial charge is 0.235 e. The normalized spacial score (nSPS) is 16.1. The number of hydrogen-bond acceptors (Lipinski definition) is 3. The van der Waals surface area contributed by atoms with Gasteiger partial charge < -0.3 is 5.32 Å². The van der Waals surface area contributed by atoms with Crippen LogP contribution in [0.1, 0.15) is 12.0 Å². The van der Waals surface area contributed by atoms with Crippen LogP contribution >= 0.6 is 0 Å². The lowest BCUT2D eigenvalue weighted by molar-refractivity contribution is 0.599. The minimum atomic E-state index is -3.28. The van der Waals surface area contributed by atoms with Crippen LogP contribution < -0.4 is 9.62 Å². The molecule has 1 heterocycles. The Hall–Kier alpha value is -2.60. The largest absolute Gasteiger partial charge is 0.379 e. The van der Waals surface area contributed by atoms with Crippen molar-refractivity contribution >= 4 is 32.2 Å². The van der Waals surface area contributed by atoms with Crippen molar-refractivity contribution < 1.29 is 12.8 Å². The average molecular weight is 370 g/mol. The molecule has 6 heteroatoms. The van der Waals surface area contributed by atoms with E-state index in [1.807, 2.05) is 42.5 Å². The molecule has 4 nitrogen and oxygen atoms in total. The monoisotopic (exact) mass is 370 g/mol. The number of nitrogens with one attached hydrogen (secondary N) is 1. The molecular weight excluding hydrogens is 351 g/mol. The first-order valence-electron chi connectivity index (χ1n) is 8.55. The Balaban J connectivity index is 1.61. The van der Waals surface area contributed by atoms with E-state index in [1.54, 1.807) is 6.07 Å². The molecule has 1 fully saturated rings. The molecule has 0 unspecified atom stereocenters. The zero-order chi connectivity index (χ0) is 18.1. The summed E-state index contributed by atoms with van der Waals surface area (Å²) in [5, 5.41) is 5.36. The van der Waals surface area contributed by atoms with Crippen LogP contribution in [-0.4, -0.2) is 20.7 Å². The Morgan fingerprint density at radius 2 is 1.85 bits per heavy atom. The fourth-order valence-electron chi connectivity index (χ4n) is 3.37. The number of nitrogens with zero attached hydrogens (tertiary/aromatic N) is 1. The van der Waals surface area contributed by atoms with E-state index in [1.165, 1.54) is 16.4 Å². The predicted molar refractivity (Wildman–Crippen MR) is 103 cm³/mol. The van der Waals surface area contributed by atoms with Gasteiger partial charge in [-0.3, -0.25) is 4.31 Å². The van der Waals surface area contributed by atoms with E-state index in [4.69, 9.17) is 0 Å². The van der Waals surface area contributed by atoms with Crippen LogP contribution in [0.25, 0.3) is 10.8 Å². The van der Waals surface area contributed by atoms with Gasteiger partial charge in [-0.05, 0) is 41.0 Å². The Morgan fingerprint density at radius 3 is 2.65 bits per heavy atom. The molecule has 0 bridgehead atoms. The van der Waals surface area contributed by atoms with Crippen LogP contribution in [0.2, 0.25) is 0 Å². The second kappa shape index (κ2) is 6.61. The fraction of sp³-hybridized carbons (Fsp3) is 0.200. The van der Waals surface area contributed by atoms with Gasteiger partial charge in [0.05, 0.1) is 17.1 Å². The first-order chi connectivity index (χ1) is 12.5. The summed E-state index contributed by atoms with van der Waals surface area (Å²) in [4.78, 5) is 0. The Kier molecular flexibility index (Phi) is 4.28. The Morgan fingerprint density at radius 1 is 1.04 bits per heavy atom. The number of fused-ring (bicyclic) bond motifs is 1. The summed E-state index contributed by atoms with van der Waals surface area (Å²) in [6, 6.07) is 18.5. The fourth-order valence-corrected chi connectivity index (χ4v) is 4.93. The van der Waals surface area contributed by atoms with Gasteiger partial charge in [0, 0.05) is 13.1 Å². The number of hydrogen-bond donors (Lipinski definition) is 1. The summed E-state index contributed by atoms with van der Waals surface area (Å²) in [5.74, 6) is -0.256. The van der Waals surface area contributed by atoms with Crippen LogP contribution in [0.4, 0.5) is 15.8 Å². The van der Waals surface area contributed by atoms with Crippen LogP contribution in [-0.2, 0) is 16.6 Å². The van der Waals surface area contributed by atoms with E-state index in [0.717, 1.165) is 16.3 Å². The molecule has 0 radical (unpaired) electrons. The standard InChI is InChI=1S/C20H19FN2O2S/c21-19-10-9-17(23-11-4-12-26(23,24)25)13-20(19)22-14-16-7-3-6-15-5-1-2-8-18(15)16/h1-3,5-10,13,22H,4,11-12,14H2. The molecule has 0 atom stereocenters. The summed E-state index contributed by atoms with van der Waals surface area (Å²) in [7, 11) is -3.28. The number of halogens is 1. The van der Waals surface area contributed by atoms with E-state index in [9.17, 15) is 12.8 Å². The Bertz CT molecular complexity index is 1060. The van der Waals surface area contributed by atoms with E-state index in [-0.39, 0.29) is 5.75 Å². The lowest BCUT2D eigenvalue weighted by Gasteiger charge is -2.18. The van der Waals surface area contributed by atoms with Crippen molar-refractivity contribution in [3.8, 4) is 0 Å². The molecule has 0 aliphatic carbocycles. The first kappa shape index (κ1) is 16.8. The maximum absolute atomic E-state index is 14.2. The SMILES string of the molecule is O=S1(=O)CCCN1c1ccc(F)c(NCc2cccc3ccccc23)c1. The van der Waals surface area contributed by atoms with Crippen molar-refractivity contribution in [1.82, 2.24) is 0 Å². The molecule has 0 spiro atoms. The highest BCUT2D eigenvalue weighted by atomic mass is 32.2. The summed E-state index contributed by atoms with van der Waals surface area (Å²) in [6.45, 7) is 0.894. The van der Waals surface area contributed by atoms with Gasteiger partial charge >= 0.3 is 0 Å². The Labute approximate surface area is 152 Å². The number of benzene rings is 3. The zero-order valence-electron chi connectivity index (χ0n) is 14.2. The zero-order valence-corrected chi connectivity index (χ0v) is 15.0. The minimum absolute atomic E-state index is 0.142. The molecule has 4 rings (SSSR count). The van der Waals surface area contributed by atoms with Gasteiger partial charge in [0.15, 0.2) is 0 Å². The van der Waals surface area contributed by atoms with Gasteiger partial charge in [-0.25, -0.2) is 12.8 Å². The lowest BCUT2D eigenvalue weighted by atomic mass is 10.0. The molecule has 1 saturated heterocycles. The molecule has 1 aliphatic rings. The number of sulfonamides is 1. The van der Waals surface area contributed by atoms with Crippen LogP contribution in [0.3, 0.4) is 0 Å². The van der Waals surface area contributed by atoms with Crippen molar-refractivity contribution in [2.75, 3.05) is 21.9 Å². The molecule has 1 N–H and O–H groups in total. The average Bonchev–Trinajstić information content (AvgIpc) is 3.00. The van der Waals surface area contributed by atoms with E-state index in [2.05, 4.69) is 5.32 Å². The first-order valence-corrected chi connectivity index (χ1v) is 10.2. The van der Waals surface area contributed by atoms with E-state index >= 15 is 0 Å². The van der Waals surface area contributed by atoms with Gasteiger partial charge in [0.25, 0.3) is 0 Å². The number of rotatable bonds is 4. The maximum Gasteiger partial charge on any atom is 0.235 e. The molecule has 3 aromatic carbocycles. The van der Waals surface area contributed by atoms with Crippen LogP contribution in [0.15, 0.2) is 60.7 Å². The van der Waals surface area contributed by atoms with Gasteiger partial charge in [0.2, 0.25) is 10.0 Å². The third kappa shape index (κ3) is 3.12. The summed E-state index contributed by atoms with van der Waals surface area (Å²) in [5.41, 5.74) is 1.86. The van der Waals surface area contributed by atoms with Crippen molar-refractivity contribution in [2.45, 2.75) is 13.0 Å². The number of anilines is 2. The van der Waals surface area contributed by atoms with Crippen LogP contribution in [0.5, 0.6) is 0 Å². The highest BCUT2D eigenvalue weighted by Gasteiger charge is 2.28. The molecule has 0 saturated carbocycles. The molecule has 26 heavy (non-hydrogen) atoms. The third-order valence-corrected chi connectivity index (χ3v) is 6.56. The van der Waals surface area contributed by atoms with Crippen molar-refractivity contribution in [2.24, 2.45) is 0 Å². The van der Waals surface area contributed by atoms with Crippen LogP contribution in [0, 0.1) is 5.82 Å². The molecule has 134 valence electrons. The topological polar surface area (TPSA) is 49.4 Å². The van der Waals surface area contributed by atoms with Crippen molar-refractivity contribution in [3.63, 3.8) is 0 Å². The highest BCUT2D eigenvalue weighted by Crippen LogP contribution is 2.29. The predicted octanol–water partition coefficient (Wildman–Crippen LogP) is 4.13. The van der Waals surface area contributed by atoms with E-state index < -0.39 is 15.8 Å². The van der Waals surface area contributed by atoms with Gasteiger partial charge in [-0.15, -0.1) is 0 Å². The second-order valence-corrected chi connectivity index (χ2v) is 8.41. The van der Waals surface area contributed by atoms with Crippen molar-refractivity contribution in [3.05, 3.63) is 72.0 Å². The van der Waals surface area contributed by atoms with Gasteiger partial charge in [-0.2, -0.15) is 0 Å². The molecule has 0 aromatic heterocycles. The summed E-state index contributed by atoms with van der Waals surface area (Å²) < 4.78 is 39.8. The molecular formula is C20H19FN2O2S. The molecule has 1 aliphatic heterocycles. The van der Waals surface area contributed by atoms with Crippen molar-refractivity contribution in [1.29, 1.82) is 0 Å². The van der Waals surface area contributed by atoms with Gasteiger partial charge in [0.1, 0.15) is 5.82 Å². The molecule has 3 aromatic rings. The van der Waals surface area contributed by atoms with E-state index in [0.29, 0.717) is 30.9 Å². The minimum Gasteiger partial charge on any atom is -0.379 e. The highest BCUT2D eigenvalue weighted by molar-refractivity contribution is 7.93. The summed E-state index contributed by atoms with van der Waals surface area (Å²) >= 11 is 0. The molecule has 0 amide bonds. The van der Waals surface area contributed by atoms with Gasteiger partial charge in [-0.1, -0.05) is 42.5 Å². The lowest BCUT2D eigenvalue weighted by Crippen LogP contribution is -2.25. The maximum atomic E-state index is 14.2. The quantitative estimate of drug-likeness (QED) is 0.751. The third-order valence-electron chi connectivity index (χ3n) is 4.69.